The van der Waals surface area contributed by atoms with E-state index in [-0.39, 0.29) is 11.9 Å². The van der Waals surface area contributed by atoms with Crippen LogP contribution in [0.3, 0.4) is 0 Å². The smallest absolute Gasteiger partial charge is 0.407 e. The predicted octanol–water partition coefficient (Wildman–Crippen LogP) is 2.35. The van der Waals surface area contributed by atoms with Gasteiger partial charge in [-0.15, -0.1) is 0 Å². The van der Waals surface area contributed by atoms with E-state index in [2.05, 4.69) is 33.9 Å². The van der Waals surface area contributed by atoms with Crippen molar-refractivity contribution in [3.05, 3.63) is 17.7 Å². The first-order valence-electron chi connectivity index (χ1n) is 9.15. The molecule has 0 spiro atoms. The second-order valence-corrected chi connectivity index (χ2v) is 6.78. The molecule has 8 nitrogen and oxygen atoms in total. The molecule has 0 aliphatic carbocycles. The Labute approximate surface area is 154 Å². The normalized spacial score (nSPS) is 20.5. The number of carbonyl (C=O) groups excluding carboxylic acids is 2. The maximum absolute atomic E-state index is 13.1. The molecule has 0 aromatic carbocycles. The largest absolute Gasteiger partial charge is 0.453 e. The minimum absolute atomic E-state index is 0.119. The highest BCUT2D eigenvalue weighted by Gasteiger charge is 2.38. The summed E-state index contributed by atoms with van der Waals surface area (Å²) in [6.07, 6.45) is 3.47. The number of H-pyrrole nitrogens is 1. The Kier molecular flexibility index (Phi) is 7.02. The molecule has 146 valence electrons. The molecule has 0 radical (unpaired) electrons. The molecule has 2 heterocycles. The molecule has 1 saturated heterocycles. The third-order valence-electron chi connectivity index (χ3n) is 5.18. The Hall–Kier alpha value is -2.09. The summed E-state index contributed by atoms with van der Waals surface area (Å²) in [6, 6.07) is -0.927. The number of rotatable bonds is 7. The van der Waals surface area contributed by atoms with Crippen LogP contribution in [0.1, 0.15) is 63.5 Å². The predicted molar refractivity (Wildman–Crippen MR) is 96.8 cm³/mol. The number of ether oxygens (including phenoxy) is 2. The molecule has 1 aromatic rings. The molecule has 0 saturated carbocycles. The summed E-state index contributed by atoms with van der Waals surface area (Å²) in [7, 11) is 2.78. The van der Waals surface area contributed by atoms with Crippen molar-refractivity contribution in [2.45, 2.75) is 64.1 Å². The third kappa shape index (κ3) is 4.35. The van der Waals surface area contributed by atoms with E-state index >= 15 is 0 Å². The Morgan fingerprint density at radius 3 is 2.77 bits per heavy atom. The van der Waals surface area contributed by atoms with Crippen LogP contribution in [0.2, 0.25) is 0 Å². The van der Waals surface area contributed by atoms with Gasteiger partial charge in [0.1, 0.15) is 11.9 Å². The molecular weight excluding hydrogens is 336 g/mol. The Morgan fingerprint density at radius 1 is 1.42 bits per heavy atom. The minimum atomic E-state index is -0.808. The molecule has 1 fully saturated rings. The molecule has 26 heavy (non-hydrogen) atoms. The lowest BCUT2D eigenvalue weighted by Gasteiger charge is -2.30. The number of alkyl carbamates (subject to hydrolysis) is 1. The molecule has 1 unspecified atom stereocenters. The molecule has 2 amide bonds. The van der Waals surface area contributed by atoms with Crippen LogP contribution in [-0.4, -0.2) is 59.8 Å². The number of likely N-dealkylation sites (tertiary alicyclic amines) is 1. The van der Waals surface area contributed by atoms with Gasteiger partial charge in [0.05, 0.1) is 19.3 Å². The first kappa shape index (κ1) is 20.2. The summed E-state index contributed by atoms with van der Waals surface area (Å²) in [4.78, 5) is 34.4. The minimum Gasteiger partial charge on any atom is -0.453 e. The molecule has 1 aliphatic rings. The zero-order valence-corrected chi connectivity index (χ0v) is 16.2. The van der Waals surface area contributed by atoms with Gasteiger partial charge in [-0.25, -0.2) is 9.78 Å². The van der Waals surface area contributed by atoms with E-state index in [1.807, 2.05) is 6.20 Å². The van der Waals surface area contributed by atoms with E-state index in [1.54, 1.807) is 11.8 Å². The average Bonchev–Trinajstić information content (AvgIpc) is 3.32. The van der Waals surface area contributed by atoms with Crippen molar-refractivity contribution in [3.8, 4) is 0 Å². The fourth-order valence-electron chi connectivity index (χ4n) is 3.19. The average molecular weight is 366 g/mol. The van der Waals surface area contributed by atoms with E-state index in [4.69, 9.17) is 4.74 Å². The van der Waals surface area contributed by atoms with Crippen LogP contribution in [0.15, 0.2) is 6.20 Å². The SMILES string of the molecule is CCC(C)c1cnc([C@@H]2CCCN2C(=O)[C@@H](NC(=O)OC)[C@@H](C)OC)[nH]1. The lowest BCUT2D eigenvalue weighted by Crippen LogP contribution is -2.54. The molecular formula is C18H30N4O4. The summed E-state index contributed by atoms with van der Waals surface area (Å²) < 4.78 is 9.94. The number of aromatic nitrogens is 2. The molecule has 4 atom stereocenters. The van der Waals surface area contributed by atoms with Gasteiger partial charge in [0, 0.05) is 25.5 Å². The Balaban J connectivity index is 2.19. The van der Waals surface area contributed by atoms with Gasteiger partial charge in [-0.05, 0) is 32.1 Å². The summed E-state index contributed by atoms with van der Waals surface area (Å²) in [5, 5.41) is 2.59. The van der Waals surface area contributed by atoms with Crippen LogP contribution in [-0.2, 0) is 14.3 Å². The van der Waals surface area contributed by atoms with E-state index in [0.29, 0.717) is 12.5 Å². The van der Waals surface area contributed by atoms with Crippen molar-refractivity contribution in [2.75, 3.05) is 20.8 Å². The van der Waals surface area contributed by atoms with Gasteiger partial charge in [-0.1, -0.05) is 13.8 Å². The van der Waals surface area contributed by atoms with Crippen molar-refractivity contribution in [1.82, 2.24) is 20.2 Å². The van der Waals surface area contributed by atoms with Gasteiger partial charge >= 0.3 is 6.09 Å². The van der Waals surface area contributed by atoms with Gasteiger partial charge in [0.25, 0.3) is 0 Å². The van der Waals surface area contributed by atoms with E-state index in [1.165, 1.54) is 14.2 Å². The number of nitrogens with one attached hydrogen (secondary N) is 2. The van der Waals surface area contributed by atoms with Crippen LogP contribution >= 0.6 is 0 Å². The van der Waals surface area contributed by atoms with Crippen molar-refractivity contribution >= 4 is 12.0 Å². The van der Waals surface area contributed by atoms with E-state index in [0.717, 1.165) is 30.8 Å². The van der Waals surface area contributed by atoms with Gasteiger partial charge in [-0.2, -0.15) is 0 Å². The third-order valence-corrected chi connectivity index (χ3v) is 5.18. The lowest BCUT2D eigenvalue weighted by atomic mass is 10.1. The van der Waals surface area contributed by atoms with Gasteiger partial charge in [0.2, 0.25) is 5.91 Å². The van der Waals surface area contributed by atoms with Gasteiger partial charge in [-0.3, -0.25) is 4.79 Å². The van der Waals surface area contributed by atoms with Crippen LogP contribution in [0.4, 0.5) is 4.79 Å². The van der Waals surface area contributed by atoms with E-state index in [9.17, 15) is 9.59 Å². The molecule has 2 N–H and O–H groups in total. The zero-order valence-electron chi connectivity index (χ0n) is 16.2. The molecule has 0 bridgehead atoms. The van der Waals surface area contributed by atoms with Crippen molar-refractivity contribution < 1.29 is 19.1 Å². The number of amides is 2. The van der Waals surface area contributed by atoms with Crippen molar-refractivity contribution in [2.24, 2.45) is 0 Å². The van der Waals surface area contributed by atoms with Crippen molar-refractivity contribution in [3.63, 3.8) is 0 Å². The van der Waals surface area contributed by atoms with Crippen LogP contribution < -0.4 is 5.32 Å². The zero-order chi connectivity index (χ0) is 19.3. The highest BCUT2D eigenvalue weighted by atomic mass is 16.5. The second-order valence-electron chi connectivity index (χ2n) is 6.78. The maximum atomic E-state index is 13.1. The number of nitrogens with zero attached hydrogens (tertiary/aromatic N) is 2. The molecule has 1 aromatic heterocycles. The summed E-state index contributed by atoms with van der Waals surface area (Å²) in [5.74, 6) is 1.01. The number of aromatic amines is 1. The van der Waals surface area contributed by atoms with Gasteiger partial charge in [0.15, 0.2) is 0 Å². The fourth-order valence-corrected chi connectivity index (χ4v) is 3.19. The highest BCUT2D eigenvalue weighted by Crippen LogP contribution is 2.32. The number of carbonyl (C=O) groups is 2. The standard InChI is InChI=1S/C18H30N4O4/c1-6-11(2)13-10-19-16(20-13)14-8-7-9-22(14)17(23)15(12(3)25-4)21-18(24)26-5/h10-12,14-15H,6-9H2,1-5H3,(H,19,20)(H,21,24)/t11?,12-,14+,15+/m1/s1. The number of imidazole rings is 1. The summed E-state index contributed by atoms with van der Waals surface area (Å²) in [6.45, 7) is 6.65. The number of hydrogen-bond acceptors (Lipinski definition) is 5. The Morgan fingerprint density at radius 2 is 2.15 bits per heavy atom. The molecule has 2 rings (SSSR count). The molecule has 8 heteroatoms. The summed E-state index contributed by atoms with van der Waals surface area (Å²) in [5.41, 5.74) is 1.08. The first-order chi connectivity index (χ1) is 12.4. The first-order valence-corrected chi connectivity index (χ1v) is 9.15. The van der Waals surface area contributed by atoms with Crippen LogP contribution in [0.5, 0.6) is 0 Å². The van der Waals surface area contributed by atoms with Crippen molar-refractivity contribution in [1.29, 1.82) is 0 Å². The topological polar surface area (TPSA) is 96.6 Å². The highest BCUT2D eigenvalue weighted by molar-refractivity contribution is 5.86. The quantitative estimate of drug-likeness (QED) is 0.772. The number of hydrogen-bond donors (Lipinski definition) is 2. The van der Waals surface area contributed by atoms with E-state index < -0.39 is 18.2 Å². The lowest BCUT2D eigenvalue weighted by molar-refractivity contribution is -0.137. The molecule has 1 aliphatic heterocycles. The van der Waals surface area contributed by atoms with Crippen LogP contribution in [0, 0.1) is 0 Å². The monoisotopic (exact) mass is 366 g/mol. The maximum Gasteiger partial charge on any atom is 0.407 e. The Bertz CT molecular complexity index is 618. The van der Waals surface area contributed by atoms with Gasteiger partial charge < -0.3 is 24.7 Å². The van der Waals surface area contributed by atoms with Crippen LogP contribution in [0.25, 0.3) is 0 Å². The second kappa shape index (κ2) is 9.02. The fraction of sp³-hybridized carbons (Fsp3) is 0.722. The number of methoxy groups -OCH3 is 2. The summed E-state index contributed by atoms with van der Waals surface area (Å²) >= 11 is 0.